The van der Waals surface area contributed by atoms with E-state index in [4.69, 9.17) is 34.8 Å². The second kappa shape index (κ2) is 8.04. The Morgan fingerprint density at radius 3 is 2.42 bits per heavy atom. The van der Waals surface area contributed by atoms with Gasteiger partial charge in [-0.25, -0.2) is 8.42 Å². The van der Waals surface area contributed by atoms with Crippen LogP contribution in [0.5, 0.6) is 0 Å². The molecule has 2 aromatic rings. The molecule has 0 spiro atoms. The lowest BCUT2D eigenvalue weighted by Gasteiger charge is -2.30. The van der Waals surface area contributed by atoms with Gasteiger partial charge in [0.1, 0.15) is 4.21 Å². The summed E-state index contributed by atoms with van der Waals surface area (Å²) in [5.41, 5.74) is 0.451. The number of halogens is 3. The summed E-state index contributed by atoms with van der Waals surface area (Å²) in [5, 5.41) is 3.42. The monoisotopic (exact) mass is 452 g/mol. The maximum atomic E-state index is 12.6. The summed E-state index contributed by atoms with van der Waals surface area (Å²) < 4.78 is 27.2. The lowest BCUT2D eigenvalue weighted by molar-refractivity contribution is -0.120. The van der Waals surface area contributed by atoms with Crippen LogP contribution in [0.2, 0.25) is 14.4 Å². The Morgan fingerprint density at radius 1 is 1.12 bits per heavy atom. The van der Waals surface area contributed by atoms with Crippen LogP contribution in [0.1, 0.15) is 12.8 Å². The van der Waals surface area contributed by atoms with Crippen molar-refractivity contribution in [3.8, 4) is 0 Å². The minimum absolute atomic E-state index is 0.189. The Balaban J connectivity index is 1.63. The van der Waals surface area contributed by atoms with Gasteiger partial charge in [0.05, 0.1) is 20.1 Å². The molecule has 140 valence electrons. The SMILES string of the molecule is O=C(Nc1cccc(Cl)c1Cl)C1CCN(S(=O)(=O)c2ccc(Cl)s2)CC1. The van der Waals surface area contributed by atoms with Gasteiger partial charge < -0.3 is 5.32 Å². The minimum Gasteiger partial charge on any atom is -0.324 e. The van der Waals surface area contributed by atoms with E-state index in [9.17, 15) is 13.2 Å². The van der Waals surface area contributed by atoms with Crippen molar-refractivity contribution in [2.45, 2.75) is 17.1 Å². The summed E-state index contributed by atoms with van der Waals surface area (Å²) in [7, 11) is -3.56. The van der Waals surface area contributed by atoms with Crippen molar-refractivity contribution in [2.75, 3.05) is 18.4 Å². The normalized spacial score (nSPS) is 16.6. The van der Waals surface area contributed by atoms with Crippen molar-refractivity contribution in [3.63, 3.8) is 0 Å². The van der Waals surface area contributed by atoms with Gasteiger partial charge in [0.2, 0.25) is 5.91 Å². The lowest BCUT2D eigenvalue weighted by atomic mass is 9.97. The largest absolute Gasteiger partial charge is 0.324 e. The summed E-state index contributed by atoms with van der Waals surface area (Å²) in [5.74, 6) is -0.478. The van der Waals surface area contributed by atoms with Crippen LogP contribution >= 0.6 is 46.1 Å². The van der Waals surface area contributed by atoms with Gasteiger partial charge in [-0.15, -0.1) is 11.3 Å². The number of anilines is 1. The van der Waals surface area contributed by atoms with E-state index in [0.29, 0.717) is 27.9 Å². The van der Waals surface area contributed by atoms with Crippen LogP contribution in [-0.4, -0.2) is 31.7 Å². The molecule has 2 heterocycles. The maximum Gasteiger partial charge on any atom is 0.252 e. The third-order valence-electron chi connectivity index (χ3n) is 4.18. The summed E-state index contributed by atoms with van der Waals surface area (Å²) in [6, 6.07) is 8.08. The first-order valence-corrected chi connectivity index (χ1v) is 11.2. The lowest BCUT2D eigenvalue weighted by Crippen LogP contribution is -2.41. The van der Waals surface area contributed by atoms with E-state index >= 15 is 0 Å². The molecule has 1 aromatic heterocycles. The molecule has 0 atom stereocenters. The highest BCUT2D eigenvalue weighted by Crippen LogP contribution is 2.32. The Morgan fingerprint density at radius 2 is 1.81 bits per heavy atom. The quantitative estimate of drug-likeness (QED) is 0.726. The number of thiophene rings is 1. The van der Waals surface area contributed by atoms with Crippen LogP contribution in [0.4, 0.5) is 5.69 Å². The highest BCUT2D eigenvalue weighted by molar-refractivity contribution is 7.91. The van der Waals surface area contributed by atoms with E-state index < -0.39 is 10.0 Å². The summed E-state index contributed by atoms with van der Waals surface area (Å²) >= 11 is 18.9. The van der Waals surface area contributed by atoms with Gasteiger partial charge in [-0.1, -0.05) is 40.9 Å². The maximum absolute atomic E-state index is 12.6. The number of hydrogen-bond acceptors (Lipinski definition) is 4. The number of benzene rings is 1. The molecule has 5 nitrogen and oxygen atoms in total. The molecule has 0 unspecified atom stereocenters. The third-order valence-corrected chi connectivity index (χ3v) is 8.59. The van der Waals surface area contributed by atoms with E-state index in [1.165, 1.54) is 10.4 Å². The smallest absolute Gasteiger partial charge is 0.252 e. The number of sulfonamides is 1. The molecule has 0 radical (unpaired) electrons. The standard InChI is InChI=1S/C16H15Cl3N2O3S2/c17-11-2-1-3-12(15(11)19)20-16(22)10-6-8-21(9-7-10)26(23,24)14-5-4-13(18)25-14/h1-5,10H,6-9H2,(H,20,22). The topological polar surface area (TPSA) is 66.5 Å². The highest BCUT2D eigenvalue weighted by Gasteiger charge is 2.33. The zero-order valence-corrected chi connectivity index (χ0v) is 17.3. The molecule has 3 rings (SSSR count). The zero-order chi connectivity index (χ0) is 18.9. The molecule has 26 heavy (non-hydrogen) atoms. The van der Waals surface area contributed by atoms with Gasteiger partial charge in [0, 0.05) is 19.0 Å². The van der Waals surface area contributed by atoms with Crippen molar-refractivity contribution in [1.29, 1.82) is 0 Å². The van der Waals surface area contributed by atoms with Crippen LogP contribution in [0.15, 0.2) is 34.5 Å². The summed E-state index contributed by atoms with van der Waals surface area (Å²) in [6.07, 6.45) is 0.866. The van der Waals surface area contributed by atoms with E-state index in [1.54, 1.807) is 24.3 Å². The zero-order valence-electron chi connectivity index (χ0n) is 13.4. The number of nitrogens with zero attached hydrogens (tertiary/aromatic N) is 1. The van der Waals surface area contributed by atoms with Crippen LogP contribution < -0.4 is 5.32 Å². The van der Waals surface area contributed by atoms with Crippen molar-refractivity contribution < 1.29 is 13.2 Å². The Kier molecular flexibility index (Phi) is 6.16. The van der Waals surface area contributed by atoms with E-state index in [-0.39, 0.29) is 34.1 Å². The predicted molar refractivity (Wildman–Crippen MR) is 106 cm³/mol. The Labute approximate surface area is 170 Å². The average molecular weight is 454 g/mol. The van der Waals surface area contributed by atoms with Gasteiger partial charge in [-0.05, 0) is 37.1 Å². The van der Waals surface area contributed by atoms with Crippen molar-refractivity contribution >= 4 is 67.8 Å². The average Bonchev–Trinajstić information content (AvgIpc) is 3.06. The minimum atomic E-state index is -3.56. The van der Waals surface area contributed by atoms with Crippen LogP contribution in [-0.2, 0) is 14.8 Å². The van der Waals surface area contributed by atoms with Crippen molar-refractivity contribution in [1.82, 2.24) is 4.31 Å². The molecular weight excluding hydrogens is 439 g/mol. The number of piperidine rings is 1. The Bertz CT molecular complexity index is 923. The third kappa shape index (κ3) is 4.18. The fourth-order valence-electron chi connectivity index (χ4n) is 2.76. The van der Waals surface area contributed by atoms with E-state index in [2.05, 4.69) is 5.32 Å². The number of nitrogens with one attached hydrogen (secondary N) is 1. The Hall–Kier alpha value is -0.830. The number of carbonyl (C=O) groups is 1. The number of hydrogen-bond donors (Lipinski definition) is 1. The molecule has 10 heteroatoms. The molecule has 1 saturated heterocycles. The molecule has 0 aliphatic carbocycles. The summed E-state index contributed by atoms with van der Waals surface area (Å²) in [6.45, 7) is 0.554. The first kappa shape index (κ1) is 19.9. The molecule has 1 aliphatic heterocycles. The second-order valence-corrected chi connectivity index (χ2v) is 10.5. The molecule has 1 aromatic carbocycles. The van der Waals surface area contributed by atoms with Gasteiger partial charge in [0.15, 0.2) is 0 Å². The van der Waals surface area contributed by atoms with Gasteiger partial charge in [0.25, 0.3) is 10.0 Å². The van der Waals surface area contributed by atoms with E-state index in [1.807, 2.05) is 0 Å². The number of amides is 1. The molecule has 0 bridgehead atoms. The molecule has 1 aliphatic rings. The molecule has 1 fully saturated rings. The van der Waals surface area contributed by atoms with E-state index in [0.717, 1.165) is 11.3 Å². The van der Waals surface area contributed by atoms with Crippen molar-refractivity contribution in [2.24, 2.45) is 5.92 Å². The van der Waals surface area contributed by atoms with Gasteiger partial charge >= 0.3 is 0 Å². The van der Waals surface area contributed by atoms with Crippen LogP contribution in [0.25, 0.3) is 0 Å². The molecule has 1 N–H and O–H groups in total. The van der Waals surface area contributed by atoms with Crippen LogP contribution in [0.3, 0.4) is 0 Å². The van der Waals surface area contributed by atoms with Gasteiger partial charge in [-0.3, -0.25) is 4.79 Å². The molecule has 0 saturated carbocycles. The van der Waals surface area contributed by atoms with Crippen molar-refractivity contribution in [3.05, 3.63) is 44.7 Å². The fourth-order valence-corrected chi connectivity index (χ4v) is 6.21. The van der Waals surface area contributed by atoms with Crippen LogP contribution in [0, 0.1) is 5.92 Å². The molecule has 1 amide bonds. The van der Waals surface area contributed by atoms with Gasteiger partial charge in [-0.2, -0.15) is 4.31 Å². The number of carbonyl (C=O) groups excluding carboxylic acids is 1. The summed E-state index contributed by atoms with van der Waals surface area (Å²) in [4.78, 5) is 12.5. The highest BCUT2D eigenvalue weighted by atomic mass is 35.5. The second-order valence-electron chi connectivity index (χ2n) is 5.83. The predicted octanol–water partition coefficient (Wildman–Crippen LogP) is 4.75. The number of rotatable bonds is 4. The first-order chi connectivity index (χ1) is 12.3. The fraction of sp³-hybridized carbons (Fsp3) is 0.312. The first-order valence-electron chi connectivity index (χ1n) is 7.79. The molecular formula is C16H15Cl3N2O3S2.